The highest BCUT2D eigenvalue weighted by atomic mass is 79.9. The lowest BCUT2D eigenvalue weighted by Gasteiger charge is -2.32. The molecule has 0 aromatic heterocycles. The fourth-order valence-electron chi connectivity index (χ4n) is 3.76. The van der Waals surface area contributed by atoms with Crippen LogP contribution in [-0.4, -0.2) is 81.1 Å². The Hall–Kier alpha value is -0.260. The lowest BCUT2D eigenvalue weighted by molar-refractivity contribution is -0.111. The van der Waals surface area contributed by atoms with Crippen LogP contribution in [0.2, 0.25) is 0 Å². The second kappa shape index (κ2) is 12.0. The van der Waals surface area contributed by atoms with Crippen molar-refractivity contribution in [1.82, 2.24) is 4.90 Å². The highest BCUT2D eigenvalue weighted by molar-refractivity contribution is 9.11. The molecule has 1 aromatic rings. The van der Waals surface area contributed by atoms with Crippen molar-refractivity contribution in [1.29, 1.82) is 0 Å². The number of aliphatic hydroxyl groups excluding tert-OH is 5. The van der Waals surface area contributed by atoms with Gasteiger partial charge in [-0.25, -0.2) is 0 Å². The standard InChI is InChI=1S/C20H32Br2N2O5/c1-24(14-5-3-2-4-6-14)10-12-7-13(21)8-15(22)18(12)23-9-16(26)19(28)20(29)17(27)11-25/h7-8,14,16-17,19-20,23,25-29H,2-6,9-11H2,1H3/t16-,17+,19+,20+/m0/s1. The molecule has 0 unspecified atom stereocenters. The van der Waals surface area contributed by atoms with Crippen molar-refractivity contribution in [3.8, 4) is 0 Å². The van der Waals surface area contributed by atoms with Gasteiger partial charge in [-0.05, 0) is 53.5 Å². The van der Waals surface area contributed by atoms with Crippen LogP contribution >= 0.6 is 31.9 Å². The number of aliphatic hydroxyl groups is 5. The molecule has 7 nitrogen and oxygen atoms in total. The smallest absolute Gasteiger partial charge is 0.111 e. The van der Waals surface area contributed by atoms with Crippen molar-refractivity contribution in [3.05, 3.63) is 26.6 Å². The molecule has 0 aliphatic heterocycles. The summed E-state index contributed by atoms with van der Waals surface area (Å²) in [5, 5.41) is 51.5. The largest absolute Gasteiger partial charge is 0.394 e. The van der Waals surface area contributed by atoms with Crippen molar-refractivity contribution in [2.75, 3.05) is 25.5 Å². The molecule has 4 atom stereocenters. The van der Waals surface area contributed by atoms with E-state index in [4.69, 9.17) is 5.11 Å². The van der Waals surface area contributed by atoms with Crippen LogP contribution in [-0.2, 0) is 6.54 Å². The highest BCUT2D eigenvalue weighted by Crippen LogP contribution is 2.33. The van der Waals surface area contributed by atoms with Crippen molar-refractivity contribution < 1.29 is 25.5 Å². The Bertz CT molecular complexity index is 646. The Morgan fingerprint density at radius 1 is 1.03 bits per heavy atom. The molecular weight excluding hydrogens is 508 g/mol. The molecule has 29 heavy (non-hydrogen) atoms. The lowest BCUT2D eigenvalue weighted by Crippen LogP contribution is -2.48. The van der Waals surface area contributed by atoms with Crippen LogP contribution in [0.3, 0.4) is 0 Å². The number of benzene rings is 1. The molecule has 9 heteroatoms. The van der Waals surface area contributed by atoms with E-state index in [1.807, 2.05) is 12.1 Å². The normalized spacial score (nSPS) is 19.8. The molecule has 0 bridgehead atoms. The maximum absolute atomic E-state index is 10.2. The van der Waals surface area contributed by atoms with Crippen LogP contribution < -0.4 is 5.32 Å². The number of hydrogen-bond acceptors (Lipinski definition) is 7. The van der Waals surface area contributed by atoms with Gasteiger partial charge >= 0.3 is 0 Å². The summed E-state index contributed by atoms with van der Waals surface area (Å²) in [6.07, 6.45) is 0.146. The molecular formula is C20H32Br2N2O5. The molecule has 1 saturated carbocycles. The quantitative estimate of drug-likeness (QED) is 0.268. The minimum Gasteiger partial charge on any atom is -0.394 e. The van der Waals surface area contributed by atoms with E-state index in [-0.39, 0.29) is 6.54 Å². The second-order valence-electron chi connectivity index (χ2n) is 7.81. The third-order valence-electron chi connectivity index (χ3n) is 5.57. The first kappa shape index (κ1) is 25.0. The minimum atomic E-state index is -1.64. The maximum atomic E-state index is 10.2. The zero-order chi connectivity index (χ0) is 21.6. The number of rotatable bonds is 10. The predicted octanol–water partition coefficient (Wildman–Crippen LogP) is 1.82. The Morgan fingerprint density at radius 3 is 2.28 bits per heavy atom. The van der Waals surface area contributed by atoms with Gasteiger partial charge in [-0.3, -0.25) is 4.90 Å². The minimum absolute atomic E-state index is 0.0310. The summed E-state index contributed by atoms with van der Waals surface area (Å²) >= 11 is 7.09. The van der Waals surface area contributed by atoms with Gasteiger partial charge in [-0.2, -0.15) is 0 Å². The average molecular weight is 540 g/mol. The Labute approximate surface area is 189 Å². The van der Waals surface area contributed by atoms with Gasteiger partial charge in [0.1, 0.15) is 18.3 Å². The molecule has 2 rings (SSSR count). The van der Waals surface area contributed by atoms with E-state index in [0.717, 1.165) is 26.7 Å². The Morgan fingerprint density at radius 2 is 1.66 bits per heavy atom. The molecule has 166 valence electrons. The number of nitrogens with one attached hydrogen (secondary N) is 1. The SMILES string of the molecule is CN(Cc1cc(Br)cc(Br)c1NC[C@H](O)[C@@H](O)[C@H](O)[C@H](O)CO)C1CCCCC1. The summed E-state index contributed by atoms with van der Waals surface area (Å²) in [6, 6.07) is 4.48. The van der Waals surface area contributed by atoms with Gasteiger partial charge in [-0.1, -0.05) is 35.2 Å². The van der Waals surface area contributed by atoms with E-state index in [9.17, 15) is 20.4 Å². The van der Waals surface area contributed by atoms with E-state index >= 15 is 0 Å². The monoisotopic (exact) mass is 538 g/mol. The average Bonchev–Trinajstić information content (AvgIpc) is 2.71. The predicted molar refractivity (Wildman–Crippen MR) is 120 cm³/mol. The fourth-order valence-corrected chi connectivity index (χ4v) is 5.21. The first-order valence-electron chi connectivity index (χ1n) is 9.99. The molecule has 1 aliphatic carbocycles. The first-order chi connectivity index (χ1) is 13.7. The van der Waals surface area contributed by atoms with Crippen LogP contribution in [0.5, 0.6) is 0 Å². The maximum Gasteiger partial charge on any atom is 0.111 e. The summed E-state index contributed by atoms with van der Waals surface area (Å²) in [5.41, 5.74) is 1.84. The molecule has 0 saturated heterocycles. The van der Waals surface area contributed by atoms with Crippen molar-refractivity contribution >= 4 is 37.5 Å². The van der Waals surface area contributed by atoms with Gasteiger partial charge in [0, 0.05) is 28.1 Å². The summed E-state index contributed by atoms with van der Waals surface area (Å²) in [6.45, 7) is 0.000571. The van der Waals surface area contributed by atoms with Crippen LogP contribution in [0.15, 0.2) is 21.1 Å². The van der Waals surface area contributed by atoms with E-state index < -0.39 is 31.0 Å². The molecule has 0 amide bonds. The Kier molecular flexibility index (Phi) is 10.3. The highest BCUT2D eigenvalue weighted by Gasteiger charge is 2.30. The van der Waals surface area contributed by atoms with Crippen molar-refractivity contribution in [2.24, 2.45) is 0 Å². The molecule has 1 aromatic carbocycles. The second-order valence-corrected chi connectivity index (χ2v) is 9.58. The third-order valence-corrected chi connectivity index (χ3v) is 6.65. The van der Waals surface area contributed by atoms with Crippen molar-refractivity contribution in [3.63, 3.8) is 0 Å². The molecule has 0 spiro atoms. The lowest BCUT2D eigenvalue weighted by atomic mass is 9.94. The van der Waals surface area contributed by atoms with Crippen molar-refractivity contribution in [2.45, 2.75) is 69.1 Å². The molecule has 1 aliphatic rings. The zero-order valence-electron chi connectivity index (χ0n) is 16.6. The summed E-state index contributed by atoms with van der Waals surface area (Å²) in [5.74, 6) is 0. The molecule has 0 radical (unpaired) electrons. The van der Waals surface area contributed by atoms with Gasteiger partial charge in [0.05, 0.1) is 18.4 Å². The summed E-state index contributed by atoms with van der Waals surface area (Å²) in [4.78, 5) is 2.35. The molecule has 6 N–H and O–H groups in total. The molecule has 1 fully saturated rings. The Balaban J connectivity index is 2.07. The number of halogens is 2. The summed E-state index contributed by atoms with van der Waals surface area (Å²) in [7, 11) is 2.12. The van der Waals surface area contributed by atoms with Gasteiger partial charge in [0.15, 0.2) is 0 Å². The number of anilines is 1. The van der Waals surface area contributed by atoms with E-state index in [2.05, 4.69) is 49.1 Å². The van der Waals surface area contributed by atoms with E-state index in [1.54, 1.807) is 0 Å². The van der Waals surface area contributed by atoms with E-state index in [0.29, 0.717) is 6.04 Å². The van der Waals surface area contributed by atoms with Crippen LogP contribution in [0.1, 0.15) is 37.7 Å². The first-order valence-corrected chi connectivity index (χ1v) is 11.6. The van der Waals surface area contributed by atoms with Gasteiger partial charge in [0.2, 0.25) is 0 Å². The van der Waals surface area contributed by atoms with Crippen LogP contribution in [0, 0.1) is 0 Å². The summed E-state index contributed by atoms with van der Waals surface area (Å²) < 4.78 is 1.75. The fraction of sp³-hybridized carbons (Fsp3) is 0.700. The topological polar surface area (TPSA) is 116 Å². The number of nitrogens with zero attached hydrogens (tertiary/aromatic N) is 1. The van der Waals surface area contributed by atoms with Gasteiger partial charge in [0.25, 0.3) is 0 Å². The van der Waals surface area contributed by atoms with Gasteiger partial charge < -0.3 is 30.8 Å². The molecule has 0 heterocycles. The van der Waals surface area contributed by atoms with Crippen LogP contribution in [0.25, 0.3) is 0 Å². The number of hydrogen-bond donors (Lipinski definition) is 6. The zero-order valence-corrected chi connectivity index (χ0v) is 19.8. The third kappa shape index (κ3) is 7.14. The van der Waals surface area contributed by atoms with Gasteiger partial charge in [-0.15, -0.1) is 0 Å². The van der Waals surface area contributed by atoms with Crippen LogP contribution in [0.4, 0.5) is 5.69 Å². The van der Waals surface area contributed by atoms with E-state index in [1.165, 1.54) is 32.1 Å².